The lowest BCUT2D eigenvalue weighted by Crippen LogP contribution is -2.49. The highest BCUT2D eigenvalue weighted by Gasteiger charge is 2.41. The van der Waals surface area contributed by atoms with Gasteiger partial charge in [0.15, 0.2) is 0 Å². The molecule has 0 radical (unpaired) electrons. The van der Waals surface area contributed by atoms with Crippen LogP contribution in [0.5, 0.6) is 0 Å². The van der Waals surface area contributed by atoms with Gasteiger partial charge in [0.2, 0.25) is 0 Å². The van der Waals surface area contributed by atoms with E-state index < -0.39 is 0 Å². The summed E-state index contributed by atoms with van der Waals surface area (Å²) in [7, 11) is 6.12. The molecule has 0 bridgehead atoms. The van der Waals surface area contributed by atoms with Gasteiger partial charge in [0.1, 0.15) is 0 Å². The second-order valence-electron chi connectivity index (χ2n) is 3.79. The zero-order chi connectivity index (χ0) is 9.19. The van der Waals surface area contributed by atoms with Gasteiger partial charge in [-0.3, -0.25) is 4.85 Å². The van der Waals surface area contributed by atoms with Crippen LogP contribution in [0.15, 0.2) is 0 Å². The number of hydrogen-bond acceptors (Lipinski definition) is 2. The maximum atomic E-state index is 7.21. The fourth-order valence-corrected chi connectivity index (χ4v) is 1.64. The third-order valence-electron chi connectivity index (χ3n) is 2.83. The quantitative estimate of drug-likeness (QED) is 0.537. The van der Waals surface area contributed by atoms with E-state index in [0.29, 0.717) is 0 Å². The number of nitrogens with zero attached hydrogens (tertiary/aromatic N) is 3. The normalized spacial score (nSPS) is 23.9. The van der Waals surface area contributed by atoms with E-state index in [1.54, 1.807) is 0 Å². The van der Waals surface area contributed by atoms with Gasteiger partial charge in [0, 0.05) is 13.1 Å². The van der Waals surface area contributed by atoms with Crippen molar-refractivity contribution in [1.29, 1.82) is 0 Å². The molecular formula is C9H17N3. The van der Waals surface area contributed by atoms with Crippen molar-refractivity contribution >= 4 is 0 Å². The number of likely N-dealkylation sites (tertiary alicyclic amines) is 1. The second kappa shape index (κ2) is 3.42. The summed E-state index contributed by atoms with van der Waals surface area (Å²) in [5.41, 5.74) is -0.216. The third kappa shape index (κ3) is 1.60. The Morgan fingerprint density at radius 1 is 1.33 bits per heavy atom. The lowest BCUT2D eigenvalue weighted by atomic mass is 9.97. The van der Waals surface area contributed by atoms with E-state index in [-0.39, 0.29) is 5.66 Å². The molecule has 68 valence electrons. The number of hydrogen-bond donors (Lipinski definition) is 0. The Kier molecular flexibility index (Phi) is 2.71. The van der Waals surface area contributed by atoms with Crippen molar-refractivity contribution in [3.8, 4) is 0 Å². The van der Waals surface area contributed by atoms with Crippen molar-refractivity contribution in [2.75, 3.05) is 34.2 Å². The molecule has 1 heterocycles. The molecule has 12 heavy (non-hydrogen) atoms. The third-order valence-corrected chi connectivity index (χ3v) is 2.83. The van der Waals surface area contributed by atoms with E-state index in [1.165, 1.54) is 0 Å². The predicted octanol–water partition coefficient (Wildman–Crippen LogP) is 0.889. The van der Waals surface area contributed by atoms with Crippen molar-refractivity contribution in [2.24, 2.45) is 0 Å². The second-order valence-corrected chi connectivity index (χ2v) is 3.79. The van der Waals surface area contributed by atoms with Gasteiger partial charge in [-0.1, -0.05) is 0 Å². The van der Waals surface area contributed by atoms with Gasteiger partial charge >= 0.3 is 0 Å². The Hall–Kier alpha value is -0.590. The van der Waals surface area contributed by atoms with Crippen LogP contribution in [-0.2, 0) is 0 Å². The first-order valence-corrected chi connectivity index (χ1v) is 4.35. The SMILES string of the molecule is [C-]#[N+]C1(N(C)C)CCN(C)CC1. The Morgan fingerprint density at radius 2 is 1.83 bits per heavy atom. The highest BCUT2D eigenvalue weighted by molar-refractivity contribution is 4.99. The summed E-state index contributed by atoms with van der Waals surface area (Å²) in [6.07, 6.45) is 1.94. The number of piperidine rings is 1. The predicted molar refractivity (Wildman–Crippen MR) is 49.8 cm³/mol. The van der Waals surface area contributed by atoms with E-state index in [0.717, 1.165) is 25.9 Å². The smallest absolute Gasteiger partial charge is 0.290 e. The molecule has 3 nitrogen and oxygen atoms in total. The van der Waals surface area contributed by atoms with Gasteiger partial charge in [0.05, 0.1) is 12.8 Å². The minimum absolute atomic E-state index is 0.216. The molecule has 0 spiro atoms. The van der Waals surface area contributed by atoms with Crippen LogP contribution >= 0.6 is 0 Å². The van der Waals surface area contributed by atoms with E-state index in [4.69, 9.17) is 6.57 Å². The van der Waals surface area contributed by atoms with Crippen LogP contribution in [0.1, 0.15) is 12.8 Å². The van der Waals surface area contributed by atoms with E-state index >= 15 is 0 Å². The molecule has 0 amide bonds. The maximum Gasteiger partial charge on any atom is 0.290 e. The van der Waals surface area contributed by atoms with Gasteiger partial charge in [-0.25, -0.2) is 11.5 Å². The van der Waals surface area contributed by atoms with E-state index in [1.807, 2.05) is 14.1 Å². The molecular weight excluding hydrogens is 150 g/mol. The van der Waals surface area contributed by atoms with Crippen LogP contribution in [0.3, 0.4) is 0 Å². The molecule has 0 unspecified atom stereocenters. The van der Waals surface area contributed by atoms with Crippen LogP contribution in [0.4, 0.5) is 0 Å². The topological polar surface area (TPSA) is 10.8 Å². The van der Waals surface area contributed by atoms with Crippen molar-refractivity contribution < 1.29 is 0 Å². The van der Waals surface area contributed by atoms with Crippen molar-refractivity contribution in [3.05, 3.63) is 11.4 Å². The highest BCUT2D eigenvalue weighted by Crippen LogP contribution is 2.27. The number of rotatable bonds is 1. The average Bonchev–Trinajstić information content (AvgIpc) is 2.06. The van der Waals surface area contributed by atoms with Crippen LogP contribution in [0.2, 0.25) is 0 Å². The van der Waals surface area contributed by atoms with Gasteiger partial charge < -0.3 is 4.90 Å². The zero-order valence-electron chi connectivity index (χ0n) is 8.17. The fourth-order valence-electron chi connectivity index (χ4n) is 1.64. The van der Waals surface area contributed by atoms with E-state index in [2.05, 4.69) is 21.7 Å². The van der Waals surface area contributed by atoms with Crippen molar-refractivity contribution in [1.82, 2.24) is 9.80 Å². The summed E-state index contributed by atoms with van der Waals surface area (Å²) < 4.78 is 0. The highest BCUT2D eigenvalue weighted by atomic mass is 15.3. The molecule has 0 saturated carbocycles. The molecule has 0 aromatic carbocycles. The van der Waals surface area contributed by atoms with Crippen LogP contribution in [-0.4, -0.2) is 49.7 Å². The Labute approximate surface area is 74.8 Å². The Balaban J connectivity index is 2.65. The molecule has 0 aromatic heterocycles. The lowest BCUT2D eigenvalue weighted by molar-refractivity contribution is 0.105. The summed E-state index contributed by atoms with van der Waals surface area (Å²) in [6.45, 7) is 9.29. The average molecular weight is 167 g/mol. The molecule has 1 fully saturated rings. The van der Waals surface area contributed by atoms with Crippen LogP contribution in [0.25, 0.3) is 4.85 Å². The molecule has 1 aliphatic rings. The molecule has 1 aliphatic heterocycles. The molecule has 0 atom stereocenters. The Morgan fingerprint density at radius 3 is 2.17 bits per heavy atom. The van der Waals surface area contributed by atoms with Gasteiger partial charge in [0.25, 0.3) is 5.66 Å². The molecule has 0 aliphatic carbocycles. The fraction of sp³-hybridized carbons (Fsp3) is 0.889. The molecule has 0 aromatic rings. The van der Waals surface area contributed by atoms with Crippen molar-refractivity contribution in [2.45, 2.75) is 18.5 Å². The van der Waals surface area contributed by atoms with Gasteiger partial charge in [-0.15, -0.1) is 0 Å². The summed E-state index contributed by atoms with van der Waals surface area (Å²) in [4.78, 5) is 8.11. The molecule has 3 heteroatoms. The Bertz CT molecular complexity index is 184. The first-order valence-electron chi connectivity index (χ1n) is 4.35. The van der Waals surface area contributed by atoms with Gasteiger partial charge in [-0.2, -0.15) is 0 Å². The van der Waals surface area contributed by atoms with Crippen LogP contribution < -0.4 is 0 Å². The minimum atomic E-state index is -0.216. The van der Waals surface area contributed by atoms with Crippen LogP contribution in [0, 0.1) is 6.57 Å². The molecule has 0 N–H and O–H groups in total. The lowest BCUT2D eigenvalue weighted by Gasteiger charge is -2.35. The zero-order valence-corrected chi connectivity index (χ0v) is 8.17. The monoisotopic (exact) mass is 167 g/mol. The molecule has 1 saturated heterocycles. The largest absolute Gasteiger partial charge is 0.306 e. The maximum absolute atomic E-state index is 7.21. The van der Waals surface area contributed by atoms with Gasteiger partial charge in [-0.05, 0) is 21.1 Å². The summed E-state index contributed by atoms with van der Waals surface area (Å²) in [5, 5.41) is 0. The summed E-state index contributed by atoms with van der Waals surface area (Å²) in [5.74, 6) is 0. The summed E-state index contributed by atoms with van der Waals surface area (Å²) >= 11 is 0. The standard InChI is InChI=1S/C9H17N3/c1-10-9(11(2)3)5-7-12(4)8-6-9/h5-8H2,2-4H3. The first kappa shape index (κ1) is 9.50. The summed E-state index contributed by atoms with van der Waals surface area (Å²) in [6, 6.07) is 0. The first-order chi connectivity index (χ1) is 5.60. The molecule has 1 rings (SSSR count). The van der Waals surface area contributed by atoms with E-state index in [9.17, 15) is 0 Å². The van der Waals surface area contributed by atoms with Crippen molar-refractivity contribution in [3.63, 3.8) is 0 Å². The minimum Gasteiger partial charge on any atom is -0.306 e.